The Labute approximate surface area is 207 Å². The van der Waals surface area contributed by atoms with Gasteiger partial charge in [-0.3, -0.25) is 0 Å². The van der Waals surface area contributed by atoms with Crippen LogP contribution in [0.4, 0.5) is 10.1 Å². The molecule has 0 saturated carbocycles. The number of anilines is 1. The Morgan fingerprint density at radius 3 is 2.17 bits per heavy atom. The van der Waals surface area contributed by atoms with Crippen LogP contribution in [0.2, 0.25) is 0 Å². The lowest BCUT2D eigenvalue weighted by molar-refractivity contribution is 0.0600. The second-order valence-electron chi connectivity index (χ2n) is 8.22. The van der Waals surface area contributed by atoms with Gasteiger partial charge < -0.3 is 19.3 Å². The van der Waals surface area contributed by atoms with E-state index in [0.717, 1.165) is 32.0 Å². The Morgan fingerprint density at radius 1 is 1.06 bits per heavy atom. The molecule has 0 fully saturated rings. The fraction of sp³-hybridized carbons (Fsp3) is 0.440. The van der Waals surface area contributed by atoms with Crippen LogP contribution in [0.1, 0.15) is 49.9 Å². The molecule has 0 N–H and O–H groups in total. The van der Waals surface area contributed by atoms with Crippen molar-refractivity contribution in [2.24, 2.45) is 4.40 Å². The summed E-state index contributed by atoms with van der Waals surface area (Å²) in [5, 5.41) is 0. The standard InChI is InChI=1S/C25H34FN3O5S/c1-6-8-14-29(15-9-7-2)22-16-19(25(30)33-5)17-23(35(31,32)27-18-28(3)4)24(22)34-21-12-10-20(26)11-13-21/h10-13,16-18H,6-9,14-15H2,1-5H3/b27-18-. The van der Waals surface area contributed by atoms with E-state index in [0.29, 0.717) is 18.8 Å². The van der Waals surface area contributed by atoms with Gasteiger partial charge >= 0.3 is 5.97 Å². The molecule has 192 valence electrons. The van der Waals surface area contributed by atoms with E-state index in [1.807, 2.05) is 4.90 Å². The molecule has 0 aliphatic rings. The van der Waals surface area contributed by atoms with Gasteiger partial charge in [-0.1, -0.05) is 26.7 Å². The lowest BCUT2D eigenvalue weighted by Crippen LogP contribution is -2.27. The van der Waals surface area contributed by atoms with Crippen LogP contribution in [0.3, 0.4) is 0 Å². The van der Waals surface area contributed by atoms with Gasteiger partial charge in [-0.2, -0.15) is 8.42 Å². The zero-order chi connectivity index (χ0) is 26.0. The Bertz CT molecular complexity index is 1110. The Balaban J connectivity index is 2.84. The highest BCUT2D eigenvalue weighted by Crippen LogP contribution is 2.41. The maximum absolute atomic E-state index is 13.5. The van der Waals surface area contributed by atoms with E-state index in [1.165, 1.54) is 42.3 Å². The third-order valence-corrected chi connectivity index (χ3v) is 6.32. The van der Waals surface area contributed by atoms with Crippen molar-refractivity contribution < 1.29 is 27.1 Å². The number of carbonyl (C=O) groups excluding carboxylic acids is 1. The van der Waals surface area contributed by atoms with Crippen molar-refractivity contribution in [1.82, 2.24) is 4.90 Å². The molecule has 0 heterocycles. The minimum absolute atomic E-state index is 0.0207. The number of nitrogens with zero attached hydrogens (tertiary/aromatic N) is 3. The lowest BCUT2D eigenvalue weighted by Gasteiger charge is -2.28. The molecular weight excluding hydrogens is 473 g/mol. The third-order valence-electron chi connectivity index (χ3n) is 5.09. The van der Waals surface area contributed by atoms with Crippen LogP contribution in [-0.2, 0) is 14.8 Å². The summed E-state index contributed by atoms with van der Waals surface area (Å²) in [5.74, 6) is -0.863. The first kappa shape index (κ1) is 28.1. The molecule has 8 nitrogen and oxygen atoms in total. The average molecular weight is 508 g/mol. The minimum atomic E-state index is -4.28. The minimum Gasteiger partial charge on any atom is -0.465 e. The molecule has 35 heavy (non-hydrogen) atoms. The highest BCUT2D eigenvalue weighted by molar-refractivity contribution is 7.90. The lowest BCUT2D eigenvalue weighted by atomic mass is 10.1. The van der Waals surface area contributed by atoms with Crippen molar-refractivity contribution in [3.8, 4) is 11.5 Å². The molecule has 0 spiro atoms. The summed E-state index contributed by atoms with van der Waals surface area (Å²) >= 11 is 0. The number of carbonyl (C=O) groups is 1. The van der Waals surface area contributed by atoms with Crippen molar-refractivity contribution in [2.45, 2.75) is 44.4 Å². The number of unbranched alkanes of at least 4 members (excludes halogenated alkanes) is 2. The van der Waals surface area contributed by atoms with Crippen molar-refractivity contribution >= 4 is 28.0 Å². The van der Waals surface area contributed by atoms with Crippen LogP contribution in [0.5, 0.6) is 11.5 Å². The molecule has 0 aliphatic heterocycles. The van der Waals surface area contributed by atoms with E-state index in [2.05, 4.69) is 18.2 Å². The summed E-state index contributed by atoms with van der Waals surface area (Å²) in [4.78, 5) is 15.7. The molecule has 0 amide bonds. The maximum atomic E-state index is 13.5. The van der Waals surface area contributed by atoms with E-state index in [4.69, 9.17) is 9.47 Å². The van der Waals surface area contributed by atoms with Crippen LogP contribution < -0.4 is 9.64 Å². The van der Waals surface area contributed by atoms with Crippen LogP contribution in [-0.4, -0.2) is 59.9 Å². The molecule has 0 radical (unpaired) electrons. The van der Waals surface area contributed by atoms with Crippen LogP contribution >= 0.6 is 0 Å². The van der Waals surface area contributed by atoms with Gasteiger partial charge in [-0.25, -0.2) is 9.18 Å². The van der Waals surface area contributed by atoms with Gasteiger partial charge in [0.25, 0.3) is 10.0 Å². The van der Waals surface area contributed by atoms with Crippen molar-refractivity contribution in [3.63, 3.8) is 0 Å². The zero-order valence-electron chi connectivity index (χ0n) is 21.0. The van der Waals surface area contributed by atoms with Gasteiger partial charge in [0, 0.05) is 27.2 Å². The van der Waals surface area contributed by atoms with Crippen molar-refractivity contribution in [2.75, 3.05) is 39.2 Å². The number of methoxy groups -OCH3 is 1. The second kappa shape index (κ2) is 13.1. The van der Waals surface area contributed by atoms with E-state index in [1.54, 1.807) is 20.2 Å². The molecule has 0 bridgehead atoms. The SMILES string of the molecule is CCCCN(CCCC)c1cc(C(=O)OC)cc(S(=O)(=O)/N=C\N(C)C)c1Oc1ccc(F)cc1. The number of hydrogen-bond acceptors (Lipinski definition) is 6. The quantitative estimate of drug-likeness (QED) is 0.212. The number of esters is 1. The van der Waals surface area contributed by atoms with Crippen molar-refractivity contribution in [3.05, 3.63) is 47.8 Å². The smallest absolute Gasteiger partial charge is 0.337 e. The average Bonchev–Trinajstić information content (AvgIpc) is 2.84. The summed E-state index contributed by atoms with van der Waals surface area (Å²) in [6, 6.07) is 8.05. The Hall–Kier alpha value is -3.14. The summed E-state index contributed by atoms with van der Waals surface area (Å²) in [5.41, 5.74) is 0.489. The molecule has 0 unspecified atom stereocenters. The number of halogens is 1. The molecular formula is C25H34FN3O5S. The van der Waals surface area contributed by atoms with E-state index < -0.39 is 21.8 Å². The predicted octanol–water partition coefficient (Wildman–Crippen LogP) is 5.09. The fourth-order valence-corrected chi connectivity index (χ4v) is 4.32. The number of ether oxygens (including phenoxy) is 2. The topological polar surface area (TPSA) is 88.5 Å². The molecule has 0 aromatic heterocycles. The highest BCUT2D eigenvalue weighted by Gasteiger charge is 2.28. The first-order valence-electron chi connectivity index (χ1n) is 11.5. The summed E-state index contributed by atoms with van der Waals surface area (Å²) in [7, 11) is 0.233. The summed E-state index contributed by atoms with van der Waals surface area (Å²) in [6.07, 6.45) is 4.71. The molecule has 2 aromatic carbocycles. The number of benzene rings is 2. The number of sulfonamides is 1. The van der Waals surface area contributed by atoms with Crippen molar-refractivity contribution in [1.29, 1.82) is 0 Å². The summed E-state index contributed by atoms with van der Waals surface area (Å²) in [6.45, 7) is 5.37. The largest absolute Gasteiger partial charge is 0.465 e. The number of rotatable bonds is 13. The first-order chi connectivity index (χ1) is 16.6. The molecule has 0 saturated heterocycles. The van der Waals surface area contributed by atoms with Gasteiger partial charge in [0.2, 0.25) is 0 Å². The van der Waals surface area contributed by atoms with E-state index in [-0.39, 0.29) is 22.0 Å². The second-order valence-corrected chi connectivity index (χ2v) is 9.82. The fourth-order valence-electron chi connectivity index (χ4n) is 3.24. The summed E-state index contributed by atoms with van der Waals surface area (Å²) < 4.78 is 54.9. The molecule has 0 atom stereocenters. The Kier molecular flexibility index (Phi) is 10.5. The monoisotopic (exact) mass is 507 g/mol. The van der Waals surface area contributed by atoms with Gasteiger partial charge in [0.05, 0.1) is 18.4 Å². The van der Waals surface area contributed by atoms with Gasteiger partial charge in [-0.05, 0) is 49.2 Å². The molecule has 0 aliphatic carbocycles. The van der Waals surface area contributed by atoms with Crippen LogP contribution in [0.25, 0.3) is 0 Å². The Morgan fingerprint density at radius 2 is 1.66 bits per heavy atom. The van der Waals surface area contributed by atoms with Crippen LogP contribution in [0.15, 0.2) is 45.7 Å². The van der Waals surface area contributed by atoms with Gasteiger partial charge in [-0.15, -0.1) is 4.40 Å². The normalized spacial score (nSPS) is 11.5. The van der Waals surface area contributed by atoms with E-state index in [9.17, 15) is 17.6 Å². The van der Waals surface area contributed by atoms with Crippen LogP contribution in [0, 0.1) is 5.82 Å². The molecule has 2 rings (SSSR count). The molecule has 10 heteroatoms. The maximum Gasteiger partial charge on any atom is 0.337 e. The zero-order valence-corrected chi connectivity index (χ0v) is 21.8. The molecule has 2 aromatic rings. The third kappa shape index (κ3) is 7.95. The predicted molar refractivity (Wildman–Crippen MR) is 136 cm³/mol. The highest BCUT2D eigenvalue weighted by atomic mass is 32.2. The van der Waals surface area contributed by atoms with Gasteiger partial charge in [0.1, 0.15) is 22.8 Å². The van der Waals surface area contributed by atoms with Gasteiger partial charge in [0.15, 0.2) is 5.75 Å². The number of hydrogen-bond donors (Lipinski definition) is 0. The first-order valence-corrected chi connectivity index (χ1v) is 13.0. The van der Waals surface area contributed by atoms with E-state index >= 15 is 0 Å².